The summed E-state index contributed by atoms with van der Waals surface area (Å²) in [6.07, 6.45) is 0.584. The van der Waals surface area contributed by atoms with Crippen molar-refractivity contribution in [2.45, 2.75) is 25.4 Å². The van der Waals surface area contributed by atoms with E-state index in [1.54, 1.807) is 7.11 Å². The lowest BCUT2D eigenvalue weighted by Crippen LogP contribution is -2.46. The summed E-state index contributed by atoms with van der Waals surface area (Å²) in [7, 11) is 1.64. The minimum Gasteiger partial charge on any atom is -0.396 e. The summed E-state index contributed by atoms with van der Waals surface area (Å²) in [5, 5.41) is 16.4. The van der Waals surface area contributed by atoms with Gasteiger partial charge in [-0.3, -0.25) is 0 Å². The van der Waals surface area contributed by atoms with Crippen molar-refractivity contribution in [2.75, 3.05) is 20.3 Å². The molecule has 1 unspecified atom stereocenters. The maximum Gasteiger partial charge on any atom is 0.240 e. The molecule has 1 aromatic heterocycles. The Labute approximate surface area is 124 Å². The quantitative estimate of drug-likeness (QED) is 0.769. The third kappa shape index (κ3) is 4.35. The Hall–Kier alpha value is -1.76. The molecule has 0 radical (unpaired) electrons. The number of aliphatic hydroxyl groups is 1. The van der Waals surface area contributed by atoms with Gasteiger partial charge in [0.15, 0.2) is 0 Å². The predicted molar refractivity (Wildman–Crippen MR) is 78.6 cm³/mol. The second-order valence-electron chi connectivity index (χ2n) is 5.20. The number of methoxy groups -OCH3 is 1. The van der Waals surface area contributed by atoms with E-state index in [0.717, 1.165) is 5.56 Å². The Morgan fingerprint density at radius 1 is 1.33 bits per heavy atom. The highest BCUT2D eigenvalue weighted by Crippen LogP contribution is 2.16. The van der Waals surface area contributed by atoms with Crippen molar-refractivity contribution < 1.29 is 14.4 Å². The minimum atomic E-state index is -0.328. The van der Waals surface area contributed by atoms with Gasteiger partial charge in [-0.1, -0.05) is 35.5 Å². The number of ether oxygens (including phenoxy) is 1. The van der Waals surface area contributed by atoms with Crippen LogP contribution in [0, 0.1) is 0 Å². The third-order valence-corrected chi connectivity index (χ3v) is 3.29. The van der Waals surface area contributed by atoms with E-state index in [0.29, 0.717) is 31.3 Å². The van der Waals surface area contributed by atoms with E-state index in [4.69, 9.17) is 14.4 Å². The highest BCUT2D eigenvalue weighted by atomic mass is 16.5. The van der Waals surface area contributed by atoms with E-state index in [-0.39, 0.29) is 12.1 Å². The lowest BCUT2D eigenvalue weighted by atomic mass is 9.99. The van der Waals surface area contributed by atoms with Gasteiger partial charge in [0, 0.05) is 24.8 Å². The molecular weight excluding hydrogens is 270 g/mol. The first-order chi connectivity index (χ1) is 10.2. The van der Waals surface area contributed by atoms with Gasteiger partial charge in [0.1, 0.15) is 0 Å². The number of nitrogens with one attached hydrogen (secondary N) is 1. The zero-order chi connectivity index (χ0) is 15.1. The summed E-state index contributed by atoms with van der Waals surface area (Å²) in [5.74, 6) is 1.08. The number of hydrogen-bond donors (Lipinski definition) is 2. The Morgan fingerprint density at radius 3 is 2.76 bits per heavy atom. The monoisotopic (exact) mass is 291 g/mol. The summed E-state index contributed by atoms with van der Waals surface area (Å²) in [5.41, 5.74) is 0.591. The summed E-state index contributed by atoms with van der Waals surface area (Å²) in [4.78, 5) is 4.36. The van der Waals surface area contributed by atoms with Gasteiger partial charge in [-0.2, -0.15) is 4.98 Å². The van der Waals surface area contributed by atoms with E-state index in [2.05, 4.69) is 15.5 Å². The highest BCUT2D eigenvalue weighted by Gasteiger charge is 2.24. The average molecular weight is 291 g/mol. The zero-order valence-corrected chi connectivity index (χ0v) is 12.4. The van der Waals surface area contributed by atoms with Gasteiger partial charge in [-0.15, -0.1) is 0 Å². The molecule has 0 fully saturated rings. The van der Waals surface area contributed by atoms with Crippen molar-refractivity contribution >= 4 is 0 Å². The Morgan fingerprint density at radius 2 is 2.10 bits per heavy atom. The molecule has 2 rings (SSSR count). The molecule has 1 atom stereocenters. The molecule has 114 valence electrons. The van der Waals surface area contributed by atoms with Gasteiger partial charge in [0.05, 0.1) is 13.2 Å². The maximum absolute atomic E-state index is 9.13. The summed E-state index contributed by atoms with van der Waals surface area (Å²) >= 11 is 0. The standard InChI is InChI=1S/C15H21N3O3/c1-15(8-9-19,11-20-2)16-10-13-17-14(18-21-13)12-6-4-3-5-7-12/h3-7,16,19H,8-11H2,1-2H3. The number of nitrogens with zero attached hydrogens (tertiary/aromatic N) is 2. The first-order valence-corrected chi connectivity index (χ1v) is 6.90. The molecule has 0 saturated heterocycles. The molecule has 0 aliphatic rings. The molecule has 0 aliphatic heterocycles. The number of aliphatic hydroxyl groups excluding tert-OH is 1. The van der Waals surface area contributed by atoms with Gasteiger partial charge >= 0.3 is 0 Å². The van der Waals surface area contributed by atoms with Crippen molar-refractivity contribution in [3.8, 4) is 11.4 Å². The van der Waals surface area contributed by atoms with Gasteiger partial charge in [-0.05, 0) is 13.3 Å². The van der Waals surface area contributed by atoms with Crippen LogP contribution in [0.25, 0.3) is 11.4 Å². The van der Waals surface area contributed by atoms with E-state index < -0.39 is 0 Å². The van der Waals surface area contributed by atoms with E-state index >= 15 is 0 Å². The molecule has 1 aromatic carbocycles. The molecule has 2 N–H and O–H groups in total. The van der Waals surface area contributed by atoms with Crippen molar-refractivity contribution in [3.05, 3.63) is 36.2 Å². The van der Waals surface area contributed by atoms with E-state index in [9.17, 15) is 0 Å². The first kappa shape index (κ1) is 15.6. The number of rotatable bonds is 8. The topological polar surface area (TPSA) is 80.4 Å². The molecule has 0 aliphatic carbocycles. The molecule has 2 aromatic rings. The first-order valence-electron chi connectivity index (χ1n) is 6.90. The Kier molecular flexibility index (Phi) is 5.44. The van der Waals surface area contributed by atoms with Crippen LogP contribution in [-0.2, 0) is 11.3 Å². The zero-order valence-electron chi connectivity index (χ0n) is 12.4. The lowest BCUT2D eigenvalue weighted by molar-refractivity contribution is 0.0948. The predicted octanol–water partition coefficient (Wildman–Crippen LogP) is 1.61. The van der Waals surface area contributed by atoms with Crippen molar-refractivity contribution in [3.63, 3.8) is 0 Å². The average Bonchev–Trinajstić information content (AvgIpc) is 2.96. The molecule has 1 heterocycles. The van der Waals surface area contributed by atoms with Crippen LogP contribution in [0.1, 0.15) is 19.2 Å². The Bertz CT molecular complexity index is 536. The highest BCUT2D eigenvalue weighted by molar-refractivity contribution is 5.53. The van der Waals surface area contributed by atoms with Crippen molar-refractivity contribution in [2.24, 2.45) is 0 Å². The van der Waals surface area contributed by atoms with Gasteiger partial charge < -0.3 is 19.7 Å². The molecule has 6 nitrogen and oxygen atoms in total. The van der Waals surface area contributed by atoms with Crippen LogP contribution in [-0.4, -0.2) is 41.1 Å². The maximum atomic E-state index is 9.13. The van der Waals surface area contributed by atoms with Crippen LogP contribution in [0.3, 0.4) is 0 Å². The van der Waals surface area contributed by atoms with Crippen molar-refractivity contribution in [1.82, 2.24) is 15.5 Å². The van der Waals surface area contributed by atoms with Gasteiger partial charge in [0.25, 0.3) is 0 Å². The van der Waals surface area contributed by atoms with Gasteiger partial charge in [-0.25, -0.2) is 0 Å². The molecule has 0 bridgehead atoms. The minimum absolute atomic E-state index is 0.0892. The SMILES string of the molecule is COCC(C)(CCO)NCc1nc(-c2ccccc2)no1. The number of hydrogen-bond acceptors (Lipinski definition) is 6. The van der Waals surface area contributed by atoms with Crippen molar-refractivity contribution in [1.29, 1.82) is 0 Å². The molecule has 21 heavy (non-hydrogen) atoms. The normalized spacial score (nSPS) is 14.0. The third-order valence-electron chi connectivity index (χ3n) is 3.29. The van der Waals surface area contributed by atoms with Crippen LogP contribution < -0.4 is 5.32 Å². The molecular formula is C15H21N3O3. The largest absolute Gasteiger partial charge is 0.396 e. The molecule has 6 heteroatoms. The van der Waals surface area contributed by atoms with Crippen LogP contribution >= 0.6 is 0 Å². The molecule has 0 spiro atoms. The van der Waals surface area contributed by atoms with Crippen LogP contribution in [0.4, 0.5) is 0 Å². The van der Waals surface area contributed by atoms with Crippen LogP contribution in [0.15, 0.2) is 34.9 Å². The van der Waals surface area contributed by atoms with Gasteiger partial charge in [0.2, 0.25) is 11.7 Å². The smallest absolute Gasteiger partial charge is 0.240 e. The van der Waals surface area contributed by atoms with E-state index in [1.165, 1.54) is 0 Å². The second kappa shape index (κ2) is 7.31. The summed E-state index contributed by atoms with van der Waals surface area (Å²) < 4.78 is 10.4. The fourth-order valence-electron chi connectivity index (χ4n) is 2.10. The number of aromatic nitrogens is 2. The fraction of sp³-hybridized carbons (Fsp3) is 0.467. The number of benzene rings is 1. The summed E-state index contributed by atoms with van der Waals surface area (Å²) in [6, 6.07) is 9.67. The van der Waals surface area contributed by atoms with E-state index in [1.807, 2.05) is 37.3 Å². The lowest BCUT2D eigenvalue weighted by Gasteiger charge is -2.28. The van der Waals surface area contributed by atoms with Crippen LogP contribution in [0.5, 0.6) is 0 Å². The summed E-state index contributed by atoms with van der Waals surface area (Å²) in [6.45, 7) is 3.00. The second-order valence-corrected chi connectivity index (χ2v) is 5.20. The molecule has 0 amide bonds. The van der Waals surface area contributed by atoms with Crippen LogP contribution in [0.2, 0.25) is 0 Å². The fourth-order valence-corrected chi connectivity index (χ4v) is 2.10. The molecule has 0 saturated carbocycles. The Balaban J connectivity index is 1.99.